The number of piperidine rings is 1. The van der Waals surface area contributed by atoms with Crippen LogP contribution in [0, 0.1) is 12.7 Å². The number of hydrogen-bond donors (Lipinski definition) is 0. The minimum atomic E-state index is -3.58. The second-order valence-corrected chi connectivity index (χ2v) is 9.11. The van der Waals surface area contributed by atoms with Gasteiger partial charge in [-0.05, 0) is 50.1 Å². The lowest BCUT2D eigenvalue weighted by Crippen LogP contribution is -2.48. The Balaban J connectivity index is 1.48. The van der Waals surface area contributed by atoms with Crippen LogP contribution in [0.3, 0.4) is 0 Å². The largest absolute Gasteiger partial charge is 0.356 e. The van der Waals surface area contributed by atoms with Gasteiger partial charge in [-0.3, -0.25) is 0 Å². The molecule has 0 bridgehead atoms. The number of ether oxygens (including phenoxy) is 1. The maximum absolute atomic E-state index is 13.1. The highest BCUT2D eigenvalue weighted by Crippen LogP contribution is 2.32. The average Bonchev–Trinajstić information content (AvgIpc) is 2.68. The zero-order valence-electron chi connectivity index (χ0n) is 15.3. The highest BCUT2D eigenvalue weighted by Gasteiger charge is 2.33. The van der Waals surface area contributed by atoms with Crippen LogP contribution < -0.4 is 4.90 Å². The van der Waals surface area contributed by atoms with Crippen molar-refractivity contribution in [2.75, 3.05) is 24.7 Å². The van der Waals surface area contributed by atoms with E-state index in [1.54, 1.807) is 0 Å². The summed E-state index contributed by atoms with van der Waals surface area (Å²) in [6, 6.07) is 11.6. The molecule has 0 saturated carbocycles. The molecule has 0 N–H and O–H groups in total. The Hall–Kier alpha value is -1.96. The molecule has 0 unspecified atom stereocenters. The van der Waals surface area contributed by atoms with Gasteiger partial charge in [0.2, 0.25) is 10.0 Å². The van der Waals surface area contributed by atoms with Crippen LogP contribution in [0.1, 0.15) is 24.0 Å². The van der Waals surface area contributed by atoms with Gasteiger partial charge in [0.15, 0.2) is 0 Å². The molecule has 4 rings (SSSR count). The van der Waals surface area contributed by atoms with Gasteiger partial charge in [0, 0.05) is 30.4 Å². The molecule has 2 heterocycles. The molecule has 2 aromatic rings. The van der Waals surface area contributed by atoms with Crippen LogP contribution in [0.25, 0.3) is 0 Å². The number of nitrogens with zero attached hydrogens (tertiary/aromatic N) is 2. The van der Waals surface area contributed by atoms with Gasteiger partial charge < -0.3 is 9.64 Å². The van der Waals surface area contributed by atoms with Crippen molar-refractivity contribution in [3.05, 3.63) is 59.4 Å². The van der Waals surface area contributed by atoms with Crippen molar-refractivity contribution in [1.82, 2.24) is 4.31 Å². The summed E-state index contributed by atoms with van der Waals surface area (Å²) in [5.41, 5.74) is 3.58. The van der Waals surface area contributed by atoms with Crippen molar-refractivity contribution in [2.45, 2.75) is 37.3 Å². The van der Waals surface area contributed by atoms with Gasteiger partial charge in [-0.1, -0.05) is 17.7 Å². The van der Waals surface area contributed by atoms with Gasteiger partial charge >= 0.3 is 0 Å². The first-order chi connectivity index (χ1) is 12.9. The topological polar surface area (TPSA) is 49.9 Å². The molecule has 0 aromatic heterocycles. The predicted octanol–water partition coefficient (Wildman–Crippen LogP) is 3.28. The van der Waals surface area contributed by atoms with E-state index in [1.807, 2.05) is 0 Å². The van der Waals surface area contributed by atoms with Crippen molar-refractivity contribution in [3.63, 3.8) is 0 Å². The monoisotopic (exact) mass is 390 g/mol. The predicted molar refractivity (Wildman–Crippen MR) is 101 cm³/mol. The number of halogens is 1. The maximum atomic E-state index is 13.1. The molecule has 0 atom stereocenters. The molecule has 7 heteroatoms. The molecule has 2 aliphatic heterocycles. The molecule has 0 amide bonds. The van der Waals surface area contributed by atoms with Crippen LogP contribution in [0.15, 0.2) is 47.4 Å². The van der Waals surface area contributed by atoms with E-state index in [0.717, 1.165) is 12.8 Å². The van der Waals surface area contributed by atoms with Crippen LogP contribution in [0.5, 0.6) is 0 Å². The zero-order chi connectivity index (χ0) is 19.0. The summed E-state index contributed by atoms with van der Waals surface area (Å²) in [5.74, 6) is -0.438. The second-order valence-electron chi connectivity index (χ2n) is 7.17. The fourth-order valence-corrected chi connectivity index (χ4v) is 5.36. The van der Waals surface area contributed by atoms with Crippen molar-refractivity contribution >= 4 is 15.7 Å². The van der Waals surface area contributed by atoms with Crippen LogP contribution in [0.4, 0.5) is 10.1 Å². The third kappa shape index (κ3) is 3.59. The molecule has 1 fully saturated rings. The third-order valence-corrected chi connectivity index (χ3v) is 7.26. The molecule has 2 aliphatic rings. The maximum Gasteiger partial charge on any atom is 0.243 e. The first-order valence-corrected chi connectivity index (χ1v) is 10.6. The molecule has 5 nitrogen and oxygen atoms in total. The standard InChI is InChI=1S/C20H23FN2O3S/c1-15-2-7-20-16(12-15)13-26-14-23(20)18-8-10-22(11-9-18)27(24,25)19-5-3-17(21)4-6-19/h2-7,12,18H,8-11,13-14H2,1H3. The molecule has 0 aliphatic carbocycles. The highest BCUT2D eigenvalue weighted by molar-refractivity contribution is 7.89. The van der Waals surface area contributed by atoms with Gasteiger partial charge in [0.1, 0.15) is 12.5 Å². The van der Waals surface area contributed by atoms with E-state index in [1.165, 1.54) is 45.4 Å². The lowest BCUT2D eigenvalue weighted by atomic mass is 10.0. The Morgan fingerprint density at radius 1 is 1.07 bits per heavy atom. The summed E-state index contributed by atoms with van der Waals surface area (Å²) in [7, 11) is -3.58. The molecule has 0 spiro atoms. The van der Waals surface area contributed by atoms with Crippen LogP contribution in [0.2, 0.25) is 0 Å². The van der Waals surface area contributed by atoms with Gasteiger partial charge in [-0.25, -0.2) is 12.8 Å². The SMILES string of the molecule is Cc1ccc2c(c1)COCN2C1CCN(S(=O)(=O)c2ccc(F)cc2)CC1. The van der Waals surface area contributed by atoms with Crippen molar-refractivity contribution < 1.29 is 17.5 Å². The van der Waals surface area contributed by atoms with Gasteiger partial charge in [-0.15, -0.1) is 0 Å². The first kappa shape index (κ1) is 18.4. The number of hydrogen-bond acceptors (Lipinski definition) is 4. The van der Waals surface area contributed by atoms with Crippen molar-refractivity contribution in [3.8, 4) is 0 Å². The summed E-state index contributed by atoms with van der Waals surface area (Å²) >= 11 is 0. The van der Waals surface area contributed by atoms with Gasteiger partial charge in [0.25, 0.3) is 0 Å². The molecule has 2 aromatic carbocycles. The quantitative estimate of drug-likeness (QED) is 0.807. The van der Waals surface area contributed by atoms with Crippen molar-refractivity contribution in [2.24, 2.45) is 0 Å². The highest BCUT2D eigenvalue weighted by atomic mass is 32.2. The van der Waals surface area contributed by atoms with Gasteiger partial charge in [0.05, 0.1) is 11.5 Å². The zero-order valence-corrected chi connectivity index (χ0v) is 16.1. The molecular formula is C20H23FN2O3S. The Morgan fingerprint density at radius 3 is 2.48 bits per heavy atom. The van der Waals surface area contributed by atoms with E-state index >= 15 is 0 Å². The minimum absolute atomic E-state index is 0.143. The molecule has 144 valence electrons. The Morgan fingerprint density at radius 2 is 1.78 bits per heavy atom. The van der Waals surface area contributed by atoms with E-state index in [0.29, 0.717) is 26.4 Å². The number of anilines is 1. The number of sulfonamides is 1. The molecule has 1 saturated heterocycles. The van der Waals surface area contributed by atoms with Gasteiger partial charge in [-0.2, -0.15) is 4.31 Å². The fraction of sp³-hybridized carbons (Fsp3) is 0.400. The number of rotatable bonds is 3. The average molecular weight is 390 g/mol. The minimum Gasteiger partial charge on any atom is -0.356 e. The van der Waals surface area contributed by atoms with Crippen molar-refractivity contribution in [1.29, 1.82) is 0 Å². The number of benzene rings is 2. The Bertz CT molecular complexity index is 923. The van der Waals surface area contributed by atoms with E-state index < -0.39 is 15.8 Å². The summed E-state index contributed by atoms with van der Waals surface area (Å²) in [6.45, 7) is 4.11. The van der Waals surface area contributed by atoms with E-state index in [2.05, 4.69) is 30.0 Å². The molecular weight excluding hydrogens is 367 g/mol. The normalized spacial score (nSPS) is 19.1. The lowest BCUT2D eigenvalue weighted by Gasteiger charge is -2.41. The van der Waals surface area contributed by atoms with Crippen LogP contribution >= 0.6 is 0 Å². The van der Waals surface area contributed by atoms with E-state index in [4.69, 9.17) is 4.74 Å². The third-order valence-electron chi connectivity index (χ3n) is 5.35. The summed E-state index contributed by atoms with van der Waals surface area (Å²) in [6.07, 6.45) is 1.47. The summed E-state index contributed by atoms with van der Waals surface area (Å²) < 4.78 is 45.9. The fourth-order valence-electron chi connectivity index (χ4n) is 3.89. The first-order valence-electron chi connectivity index (χ1n) is 9.15. The number of fused-ring (bicyclic) bond motifs is 1. The van der Waals surface area contributed by atoms with Crippen LogP contribution in [-0.4, -0.2) is 38.6 Å². The molecule has 27 heavy (non-hydrogen) atoms. The summed E-state index contributed by atoms with van der Waals surface area (Å²) in [4.78, 5) is 2.39. The Kier molecular flexibility index (Phi) is 4.92. The van der Waals surface area contributed by atoms with Crippen LogP contribution in [-0.2, 0) is 21.4 Å². The lowest BCUT2D eigenvalue weighted by molar-refractivity contribution is 0.0987. The van der Waals surface area contributed by atoms with E-state index in [-0.39, 0.29) is 10.9 Å². The number of aryl methyl sites for hydroxylation is 1. The second kappa shape index (κ2) is 7.22. The Labute approximate surface area is 159 Å². The van der Waals surface area contributed by atoms with E-state index in [9.17, 15) is 12.8 Å². The summed E-state index contributed by atoms with van der Waals surface area (Å²) in [5, 5.41) is 0. The molecule has 0 radical (unpaired) electrons. The smallest absolute Gasteiger partial charge is 0.243 e.